The Labute approximate surface area is 138 Å². The number of sulfonamides is 1. The number of nitrogens with one attached hydrogen (secondary N) is 1. The molecule has 0 unspecified atom stereocenters. The van der Waals surface area contributed by atoms with E-state index < -0.39 is 10.0 Å². The van der Waals surface area contributed by atoms with Crippen LogP contribution in [-0.4, -0.2) is 14.3 Å². The molecular weight excluding hydrogens is 344 g/mol. The number of aryl methyl sites for hydroxylation is 1. The Hall–Kier alpha value is -1.41. The molecule has 0 bridgehead atoms. The fourth-order valence-corrected chi connectivity index (χ4v) is 3.78. The Kier molecular flexibility index (Phi) is 5.57. The first-order chi connectivity index (χ1) is 10.4. The number of carbonyl (C=O) groups excluding carboxylic acids is 1. The number of nitrogens with two attached hydrogens (primary N) is 1. The second kappa shape index (κ2) is 7.23. The first kappa shape index (κ1) is 17.0. The van der Waals surface area contributed by atoms with Crippen LogP contribution in [0.4, 0.5) is 0 Å². The van der Waals surface area contributed by atoms with E-state index in [1.165, 1.54) is 6.07 Å². The molecule has 0 aliphatic rings. The average molecular weight is 359 g/mol. The van der Waals surface area contributed by atoms with Crippen LogP contribution in [0.15, 0.2) is 40.6 Å². The van der Waals surface area contributed by atoms with Crippen molar-refractivity contribution in [3.63, 3.8) is 0 Å². The molecule has 0 saturated heterocycles. The second-order valence-corrected chi connectivity index (χ2v) is 8.00. The van der Waals surface area contributed by atoms with Gasteiger partial charge in [-0.25, -0.2) is 13.6 Å². The van der Waals surface area contributed by atoms with E-state index in [0.717, 1.165) is 21.8 Å². The van der Waals surface area contributed by atoms with Crippen LogP contribution in [0, 0.1) is 0 Å². The van der Waals surface area contributed by atoms with Crippen molar-refractivity contribution in [1.82, 2.24) is 5.32 Å². The minimum Gasteiger partial charge on any atom is -0.351 e. The molecule has 5 nitrogen and oxygen atoms in total. The Morgan fingerprint density at radius 1 is 1.23 bits per heavy atom. The Bertz CT molecular complexity index is 772. The van der Waals surface area contributed by atoms with Crippen LogP contribution in [0.5, 0.6) is 0 Å². The highest BCUT2D eigenvalue weighted by molar-refractivity contribution is 7.91. The summed E-state index contributed by atoms with van der Waals surface area (Å²) in [4.78, 5) is 12.5. The van der Waals surface area contributed by atoms with Crippen LogP contribution >= 0.6 is 22.9 Å². The van der Waals surface area contributed by atoms with E-state index in [1.807, 2.05) is 18.2 Å². The molecule has 0 radical (unpaired) electrons. The van der Waals surface area contributed by atoms with Crippen LogP contribution < -0.4 is 10.5 Å². The number of benzene rings is 1. The number of rotatable bonds is 6. The summed E-state index contributed by atoms with van der Waals surface area (Å²) >= 11 is 7.08. The van der Waals surface area contributed by atoms with E-state index in [9.17, 15) is 13.2 Å². The van der Waals surface area contributed by atoms with Gasteiger partial charge in [0.1, 0.15) is 4.21 Å². The Balaban J connectivity index is 1.83. The molecule has 1 heterocycles. The largest absolute Gasteiger partial charge is 0.351 e. The van der Waals surface area contributed by atoms with Crippen LogP contribution in [0.25, 0.3) is 0 Å². The molecule has 0 aliphatic carbocycles. The van der Waals surface area contributed by atoms with Gasteiger partial charge in [-0.05, 0) is 30.2 Å². The van der Waals surface area contributed by atoms with Gasteiger partial charge in [-0.3, -0.25) is 4.79 Å². The smallest absolute Gasteiger partial charge is 0.247 e. The number of primary sulfonamides is 1. The lowest BCUT2D eigenvalue weighted by Crippen LogP contribution is -2.22. The van der Waals surface area contributed by atoms with E-state index >= 15 is 0 Å². The predicted molar refractivity (Wildman–Crippen MR) is 87.3 cm³/mol. The summed E-state index contributed by atoms with van der Waals surface area (Å²) < 4.78 is 22.4. The van der Waals surface area contributed by atoms with Gasteiger partial charge in [-0.15, -0.1) is 11.3 Å². The SMILES string of the molecule is NS(=O)(=O)c1ccc(CNC(=O)CCc2ccccc2Cl)s1. The molecule has 1 aromatic heterocycles. The minimum atomic E-state index is -3.68. The molecule has 1 aromatic carbocycles. The highest BCUT2D eigenvalue weighted by Crippen LogP contribution is 2.20. The summed E-state index contributed by atoms with van der Waals surface area (Å²) in [5.74, 6) is -0.120. The summed E-state index contributed by atoms with van der Waals surface area (Å²) in [6, 6.07) is 10.5. The van der Waals surface area contributed by atoms with E-state index in [2.05, 4.69) is 5.32 Å². The second-order valence-electron chi connectivity index (χ2n) is 4.63. The first-order valence-electron chi connectivity index (χ1n) is 6.48. The monoisotopic (exact) mass is 358 g/mol. The number of carbonyl (C=O) groups is 1. The molecule has 0 aliphatic heterocycles. The van der Waals surface area contributed by atoms with Gasteiger partial charge in [0, 0.05) is 16.3 Å². The molecule has 2 aromatic rings. The maximum Gasteiger partial charge on any atom is 0.247 e. The standard InChI is InChI=1S/C14H15ClN2O3S2/c15-12-4-2-1-3-10(12)5-7-13(18)17-9-11-6-8-14(21-11)22(16,19)20/h1-4,6,8H,5,7,9H2,(H,17,18)(H2,16,19,20). The number of amides is 1. The maximum atomic E-state index is 11.8. The topological polar surface area (TPSA) is 89.3 Å². The Morgan fingerprint density at radius 3 is 2.59 bits per heavy atom. The predicted octanol–water partition coefficient (Wildman–Crippen LogP) is 2.30. The summed E-state index contributed by atoms with van der Waals surface area (Å²) in [6.07, 6.45) is 0.871. The summed E-state index contributed by atoms with van der Waals surface area (Å²) in [5, 5.41) is 8.43. The van der Waals surface area contributed by atoms with Crippen molar-refractivity contribution in [2.24, 2.45) is 5.14 Å². The lowest BCUT2D eigenvalue weighted by Gasteiger charge is -2.05. The first-order valence-corrected chi connectivity index (χ1v) is 9.22. The van der Waals surface area contributed by atoms with E-state index in [1.54, 1.807) is 12.1 Å². The Morgan fingerprint density at radius 2 is 1.95 bits per heavy atom. The quantitative estimate of drug-likeness (QED) is 0.830. The third-order valence-electron chi connectivity index (χ3n) is 2.96. The average Bonchev–Trinajstić information content (AvgIpc) is 2.93. The lowest BCUT2D eigenvalue weighted by atomic mass is 10.1. The fourth-order valence-electron chi connectivity index (χ4n) is 1.83. The van der Waals surface area contributed by atoms with Crippen molar-refractivity contribution in [2.75, 3.05) is 0 Å². The normalized spacial score (nSPS) is 11.4. The van der Waals surface area contributed by atoms with E-state index in [-0.39, 0.29) is 16.7 Å². The highest BCUT2D eigenvalue weighted by Gasteiger charge is 2.11. The van der Waals surface area contributed by atoms with Crippen molar-refractivity contribution in [3.05, 3.63) is 51.9 Å². The van der Waals surface area contributed by atoms with Crippen molar-refractivity contribution in [3.8, 4) is 0 Å². The highest BCUT2D eigenvalue weighted by atomic mass is 35.5. The van der Waals surface area contributed by atoms with Gasteiger partial charge in [0.15, 0.2) is 0 Å². The van der Waals surface area contributed by atoms with Crippen molar-refractivity contribution >= 4 is 38.9 Å². The molecule has 118 valence electrons. The molecule has 1 amide bonds. The zero-order valence-electron chi connectivity index (χ0n) is 11.6. The molecule has 3 N–H and O–H groups in total. The number of hydrogen-bond donors (Lipinski definition) is 2. The van der Waals surface area contributed by atoms with Gasteiger partial charge in [-0.1, -0.05) is 29.8 Å². The zero-order valence-corrected chi connectivity index (χ0v) is 14.0. The van der Waals surface area contributed by atoms with Crippen molar-refractivity contribution < 1.29 is 13.2 Å². The number of thiophene rings is 1. The zero-order chi connectivity index (χ0) is 16.2. The molecular formula is C14H15ClN2O3S2. The third-order valence-corrected chi connectivity index (χ3v) is 5.85. The van der Waals surface area contributed by atoms with Crippen molar-refractivity contribution in [2.45, 2.75) is 23.6 Å². The number of hydrogen-bond acceptors (Lipinski definition) is 4. The molecule has 22 heavy (non-hydrogen) atoms. The maximum absolute atomic E-state index is 11.8. The molecule has 0 atom stereocenters. The van der Waals surface area contributed by atoms with E-state index in [0.29, 0.717) is 17.9 Å². The van der Waals surface area contributed by atoms with Gasteiger partial charge in [0.05, 0.1) is 6.54 Å². The van der Waals surface area contributed by atoms with Gasteiger partial charge in [0.25, 0.3) is 0 Å². The van der Waals surface area contributed by atoms with Gasteiger partial charge < -0.3 is 5.32 Å². The molecule has 8 heteroatoms. The van der Waals surface area contributed by atoms with Crippen LogP contribution in [0.2, 0.25) is 5.02 Å². The van der Waals surface area contributed by atoms with Crippen molar-refractivity contribution in [1.29, 1.82) is 0 Å². The summed E-state index contributed by atoms with van der Waals surface area (Å²) in [7, 11) is -3.68. The molecule has 0 saturated carbocycles. The summed E-state index contributed by atoms with van der Waals surface area (Å²) in [6.45, 7) is 0.279. The van der Waals surface area contributed by atoms with Gasteiger partial charge in [0.2, 0.25) is 15.9 Å². The van der Waals surface area contributed by atoms with Crippen LogP contribution in [-0.2, 0) is 27.8 Å². The molecule has 0 spiro atoms. The fraction of sp³-hybridized carbons (Fsp3) is 0.214. The molecule has 0 fully saturated rings. The summed E-state index contributed by atoms with van der Waals surface area (Å²) in [5.41, 5.74) is 0.923. The van der Waals surface area contributed by atoms with Gasteiger partial charge in [-0.2, -0.15) is 0 Å². The molecule has 2 rings (SSSR count). The lowest BCUT2D eigenvalue weighted by molar-refractivity contribution is -0.121. The number of halogens is 1. The van der Waals surface area contributed by atoms with E-state index in [4.69, 9.17) is 16.7 Å². The van der Waals surface area contributed by atoms with Crippen LogP contribution in [0.3, 0.4) is 0 Å². The minimum absolute atomic E-state index is 0.0906. The van der Waals surface area contributed by atoms with Gasteiger partial charge >= 0.3 is 0 Å². The van der Waals surface area contributed by atoms with Crippen LogP contribution in [0.1, 0.15) is 16.9 Å². The third kappa shape index (κ3) is 4.81.